The number of piperidine rings is 1. The van der Waals surface area contributed by atoms with Gasteiger partial charge in [0, 0.05) is 19.6 Å². The lowest BCUT2D eigenvalue weighted by Gasteiger charge is -2.36. The molecule has 11 N–H and O–H groups in total. The van der Waals surface area contributed by atoms with Gasteiger partial charge in [0.25, 0.3) is 0 Å². The molecule has 3 heterocycles. The first-order chi connectivity index (χ1) is 30.1. The number of carboxylic acids is 2. The highest BCUT2D eigenvalue weighted by atomic mass is 16.4. The number of nitrogens with one attached hydrogen (secondary N) is 8. The first-order valence-corrected chi connectivity index (χ1v) is 21.2. The molecule has 3 aliphatic rings. The first-order valence-electron chi connectivity index (χ1n) is 21.2. The summed E-state index contributed by atoms with van der Waals surface area (Å²) in [5.41, 5.74) is 0. The summed E-state index contributed by atoms with van der Waals surface area (Å²) in [6.45, 7) is 3.77. The number of nitrogens with zero attached hydrogens (tertiary/aromatic N) is 2. The molecule has 10 amide bonds. The SMILES string of the molecule is CCC(C)C1NC(=O)C(C(C)O)NC(=O)CNC(=O)C(CC(=O)O)NC(=O)CNC(=O)C(CC(=O)O)NC(=O)CNC(=O)C2CCCCN2C(=O)[C@@H](C)CNC(=O)C2CCCN2C1=O. The number of aliphatic carboxylic acids is 2. The number of fused-ring (bicyclic) bond motifs is 2. The summed E-state index contributed by atoms with van der Waals surface area (Å²) in [4.78, 5) is 159. The van der Waals surface area contributed by atoms with Crippen LogP contribution >= 0.6 is 0 Å². The van der Waals surface area contributed by atoms with E-state index in [0.717, 1.165) is 0 Å². The Labute approximate surface area is 368 Å². The molecule has 25 heteroatoms. The quantitative estimate of drug-likeness (QED) is 0.114. The summed E-state index contributed by atoms with van der Waals surface area (Å²) in [5, 5.41) is 47.6. The van der Waals surface area contributed by atoms with Crippen LogP contribution in [0, 0.1) is 11.8 Å². The Hall–Kier alpha value is -6.40. The summed E-state index contributed by atoms with van der Waals surface area (Å²) in [7, 11) is 0. The number of rotatable bonds is 7. The standard InChI is InChI=1S/C39H60N10O15/c1-5-19(2)31-39(64)49-12-8-10-25(49)35(60)40-15-20(3)38(63)48-11-7-6-9-24(48)36(61)43-17-27(52)45-22(13-29(54)55)33(58)41-16-26(51)44-23(14-30(56)57)34(59)42-18-28(53)46-32(21(4)50)37(62)47-31/h19-25,31-32,50H,5-18H2,1-4H3,(H,40,60)(H,41,58)(H,42,59)(H,43,61)(H,44,51)(H,45,52)(H,46,53)(H,47,62)(H,54,55)(H,56,57)/t19?,20-,21?,22?,23?,24?,25?,31?,32?/m0/s1. The van der Waals surface area contributed by atoms with Gasteiger partial charge in [-0.2, -0.15) is 0 Å². The van der Waals surface area contributed by atoms with Crippen LogP contribution in [-0.2, 0) is 57.5 Å². The van der Waals surface area contributed by atoms with E-state index in [1.807, 2.05) is 0 Å². The summed E-state index contributed by atoms with van der Waals surface area (Å²) >= 11 is 0. The molecular formula is C39H60N10O15. The molecule has 0 saturated carbocycles. The van der Waals surface area contributed by atoms with Crippen molar-refractivity contribution in [2.75, 3.05) is 39.3 Å². The lowest BCUT2D eigenvalue weighted by atomic mass is 9.96. The molecule has 25 nitrogen and oxygen atoms in total. The molecule has 0 aromatic heterocycles. The van der Waals surface area contributed by atoms with E-state index in [4.69, 9.17) is 0 Å². The fourth-order valence-corrected chi connectivity index (χ4v) is 7.37. The van der Waals surface area contributed by atoms with Crippen molar-refractivity contribution >= 4 is 71.0 Å². The third-order valence-corrected chi connectivity index (χ3v) is 11.1. The number of amides is 10. The van der Waals surface area contributed by atoms with Crippen LogP contribution in [0.25, 0.3) is 0 Å². The Bertz CT molecular complexity index is 1810. The summed E-state index contributed by atoms with van der Waals surface area (Å²) in [6, 6.07) is -8.50. The Morgan fingerprint density at radius 2 is 1.05 bits per heavy atom. The zero-order chi connectivity index (χ0) is 47.8. The third-order valence-electron chi connectivity index (χ3n) is 11.1. The molecule has 9 atom stereocenters. The van der Waals surface area contributed by atoms with E-state index in [-0.39, 0.29) is 32.5 Å². The molecule has 0 spiro atoms. The van der Waals surface area contributed by atoms with Gasteiger partial charge in [0.05, 0.1) is 44.5 Å². The van der Waals surface area contributed by atoms with Crippen LogP contribution in [0.5, 0.6) is 0 Å². The highest BCUT2D eigenvalue weighted by Gasteiger charge is 2.41. The van der Waals surface area contributed by atoms with Gasteiger partial charge in [-0.15, -0.1) is 0 Å². The third kappa shape index (κ3) is 15.1. The molecule has 3 fully saturated rings. The van der Waals surface area contributed by atoms with E-state index in [0.29, 0.717) is 25.7 Å². The van der Waals surface area contributed by atoms with E-state index in [2.05, 4.69) is 42.5 Å². The first kappa shape index (κ1) is 51.9. The summed E-state index contributed by atoms with van der Waals surface area (Å²) in [6.07, 6.45) is -1.09. The van der Waals surface area contributed by atoms with Crippen molar-refractivity contribution in [2.24, 2.45) is 11.8 Å². The number of carboxylic acid groups (broad SMARTS) is 2. The number of carbonyl (C=O) groups is 12. The molecule has 3 saturated heterocycles. The van der Waals surface area contributed by atoms with Gasteiger partial charge in [0.1, 0.15) is 36.3 Å². The highest BCUT2D eigenvalue weighted by Crippen LogP contribution is 2.23. The minimum atomic E-state index is -1.83. The maximum absolute atomic E-state index is 14.1. The highest BCUT2D eigenvalue weighted by molar-refractivity contribution is 5.98. The number of hydrogen-bond acceptors (Lipinski definition) is 13. The van der Waals surface area contributed by atoms with Crippen LogP contribution < -0.4 is 42.5 Å². The molecule has 0 aromatic carbocycles. The Kier molecular flexibility index (Phi) is 19.8. The minimum Gasteiger partial charge on any atom is -0.481 e. The minimum absolute atomic E-state index is 0.156. The van der Waals surface area contributed by atoms with Crippen LogP contribution in [0.4, 0.5) is 0 Å². The van der Waals surface area contributed by atoms with Crippen molar-refractivity contribution in [3.8, 4) is 0 Å². The van der Waals surface area contributed by atoms with E-state index < -0.39 is 158 Å². The van der Waals surface area contributed by atoms with Gasteiger partial charge in [0.2, 0.25) is 59.1 Å². The fourth-order valence-electron chi connectivity index (χ4n) is 7.37. The zero-order valence-electron chi connectivity index (χ0n) is 36.2. The lowest BCUT2D eigenvalue weighted by molar-refractivity contribution is -0.146. The molecule has 3 aliphatic heterocycles. The van der Waals surface area contributed by atoms with Crippen molar-refractivity contribution < 1.29 is 72.9 Å². The normalized spacial score (nSPS) is 28.2. The van der Waals surface area contributed by atoms with Crippen molar-refractivity contribution in [3.63, 3.8) is 0 Å². The van der Waals surface area contributed by atoms with Gasteiger partial charge >= 0.3 is 11.9 Å². The predicted molar refractivity (Wildman–Crippen MR) is 219 cm³/mol. The van der Waals surface area contributed by atoms with Gasteiger partial charge < -0.3 is 67.7 Å². The van der Waals surface area contributed by atoms with Gasteiger partial charge in [-0.05, 0) is 44.9 Å². The maximum atomic E-state index is 14.1. The second kappa shape index (κ2) is 24.4. The van der Waals surface area contributed by atoms with Gasteiger partial charge in [-0.25, -0.2) is 0 Å². The molecule has 0 aromatic rings. The molecule has 0 aliphatic carbocycles. The largest absolute Gasteiger partial charge is 0.481 e. The molecule has 8 unspecified atom stereocenters. The molecular weight excluding hydrogens is 848 g/mol. The number of aliphatic hydroxyl groups excluding tert-OH is 1. The summed E-state index contributed by atoms with van der Waals surface area (Å²) < 4.78 is 0. The topological polar surface area (TPSA) is 368 Å². The Morgan fingerprint density at radius 1 is 0.594 bits per heavy atom. The smallest absolute Gasteiger partial charge is 0.305 e. The van der Waals surface area contributed by atoms with Crippen LogP contribution in [0.15, 0.2) is 0 Å². The number of hydrogen-bond donors (Lipinski definition) is 11. The van der Waals surface area contributed by atoms with Gasteiger partial charge in [-0.1, -0.05) is 27.2 Å². The second-order valence-electron chi connectivity index (χ2n) is 16.1. The molecule has 64 heavy (non-hydrogen) atoms. The van der Waals surface area contributed by atoms with E-state index >= 15 is 0 Å². The van der Waals surface area contributed by atoms with E-state index in [9.17, 15) is 72.9 Å². The predicted octanol–water partition coefficient (Wildman–Crippen LogP) is -5.21. The molecule has 0 radical (unpaired) electrons. The fraction of sp³-hybridized carbons (Fsp3) is 0.692. The molecule has 0 bridgehead atoms. The molecule has 356 valence electrons. The van der Waals surface area contributed by atoms with Crippen LogP contribution in [0.2, 0.25) is 0 Å². The zero-order valence-corrected chi connectivity index (χ0v) is 36.2. The van der Waals surface area contributed by atoms with Crippen molar-refractivity contribution in [3.05, 3.63) is 0 Å². The van der Waals surface area contributed by atoms with E-state index in [1.54, 1.807) is 20.8 Å². The van der Waals surface area contributed by atoms with Crippen molar-refractivity contribution in [1.82, 2.24) is 52.3 Å². The van der Waals surface area contributed by atoms with Crippen LogP contribution in [-0.4, -0.2) is 178 Å². The van der Waals surface area contributed by atoms with Crippen molar-refractivity contribution in [2.45, 2.75) is 121 Å². The van der Waals surface area contributed by atoms with Gasteiger partial charge in [-0.3, -0.25) is 57.5 Å². The summed E-state index contributed by atoms with van der Waals surface area (Å²) in [5.74, 6) is -13.3. The van der Waals surface area contributed by atoms with Gasteiger partial charge in [0.15, 0.2) is 0 Å². The van der Waals surface area contributed by atoms with E-state index in [1.165, 1.54) is 16.7 Å². The van der Waals surface area contributed by atoms with Crippen LogP contribution in [0.1, 0.15) is 79.1 Å². The maximum Gasteiger partial charge on any atom is 0.305 e. The monoisotopic (exact) mass is 908 g/mol. The Morgan fingerprint density at radius 3 is 1.55 bits per heavy atom. The average Bonchev–Trinajstić information content (AvgIpc) is 3.75. The van der Waals surface area contributed by atoms with Crippen LogP contribution in [0.3, 0.4) is 0 Å². The molecule has 3 rings (SSSR count). The average molecular weight is 909 g/mol. The lowest BCUT2D eigenvalue weighted by Crippen LogP contribution is -2.61. The Balaban J connectivity index is 1.92. The number of carbonyl (C=O) groups excluding carboxylic acids is 10. The second-order valence-corrected chi connectivity index (χ2v) is 16.1. The number of aliphatic hydroxyl groups is 1. The van der Waals surface area contributed by atoms with Crippen molar-refractivity contribution in [1.29, 1.82) is 0 Å².